The van der Waals surface area contributed by atoms with Gasteiger partial charge in [-0.3, -0.25) is 56.0 Å². The molecule has 116 heavy (non-hydrogen) atoms. The lowest BCUT2D eigenvalue weighted by Crippen LogP contribution is -2.51. The summed E-state index contributed by atoms with van der Waals surface area (Å²) in [6.45, 7) is -16.2. The van der Waals surface area contributed by atoms with E-state index >= 15 is 4.57 Å². The van der Waals surface area contributed by atoms with Gasteiger partial charge in [-0.25, -0.2) is 49.2 Å². The van der Waals surface area contributed by atoms with E-state index in [1.807, 2.05) is 20.8 Å². The molecule has 7 aliphatic heterocycles. The van der Waals surface area contributed by atoms with Gasteiger partial charge in [-0.15, -0.1) is 0 Å². The summed E-state index contributed by atoms with van der Waals surface area (Å²) in [5, 5.41) is 0. The van der Waals surface area contributed by atoms with Crippen molar-refractivity contribution in [3.05, 3.63) is 80.9 Å². The van der Waals surface area contributed by atoms with Gasteiger partial charge in [0.1, 0.15) is 102 Å². The molecule has 0 aromatic carbocycles. The minimum absolute atomic E-state index is 0.0191. The molecule has 9 aromatic rings. The van der Waals surface area contributed by atoms with E-state index < -0.39 is 192 Å². The number of nitrogens with zero attached hydrogens (tertiary/aromatic N) is 16. The van der Waals surface area contributed by atoms with E-state index in [9.17, 15) is 34.0 Å². The van der Waals surface area contributed by atoms with Gasteiger partial charge < -0.3 is 113 Å². The van der Waals surface area contributed by atoms with Crippen LogP contribution in [0.25, 0.3) is 44.7 Å². The SMILES string of the molecule is COP(O)(=S)O[C@@H]1C[C@H](n2cnc3c(=O)[nH]c(N)nc32)O[C@@H]1COP(O)(=S)O[C@@H]1C[C@H](n2cnc3c(N)ncnc32)O[C@@H]1COP(O)(=S)O[C@@H]1C[C@H](n2cnc3c(=O)[nH]c(N)nc32)O[C@@H]1COP(=O)(S)O[C@@H]1C2O[C@@H](C)[C@]1(COP(O)(=S)O[C@@H]1C3O[C@@H](C)[C@]1(CC(C)C)O[C@H]3n1cnc3c(N)ncnc31)O[C@H]2n1cc(C)c(N)nc1=O. The molecule has 4 bridgehead atoms. The van der Waals surface area contributed by atoms with Crippen LogP contribution in [0.1, 0.15) is 90.1 Å². The third-order valence-corrected chi connectivity index (χ3v) is 28.7. The van der Waals surface area contributed by atoms with E-state index in [1.54, 1.807) is 18.4 Å². The molecule has 16 N–H and O–H groups in total. The Hall–Kier alpha value is -5.98. The Balaban J connectivity index is 0.645. The van der Waals surface area contributed by atoms with Crippen molar-refractivity contribution >= 4 is 167 Å². The predicted molar refractivity (Wildman–Crippen MR) is 419 cm³/mol. The maximum Gasteiger partial charge on any atom is 0.386 e. The maximum absolute atomic E-state index is 15.3. The Bertz CT molecular complexity index is 5780. The number of imidazole rings is 4. The highest BCUT2D eigenvalue weighted by Crippen LogP contribution is 2.64. The number of H-pyrrole nitrogens is 2. The van der Waals surface area contributed by atoms with Crippen molar-refractivity contribution in [3.8, 4) is 0 Å². The number of fused-ring (bicyclic) bond motifs is 8. The Morgan fingerprint density at radius 2 is 0.966 bits per heavy atom. The number of ether oxygens (including phenoxy) is 7. The van der Waals surface area contributed by atoms with Crippen molar-refractivity contribution in [2.45, 2.75) is 176 Å². The summed E-state index contributed by atoms with van der Waals surface area (Å²) < 4.78 is 129. The van der Waals surface area contributed by atoms with Crippen LogP contribution in [-0.4, -0.2) is 225 Å². The standard InChI is InChI=1S/C58H76N23O25P5S5/c1-22(2)10-57-24(4)95-39(53(100-57)81-21-69-36-45(61)65-17-67-47(36)81)41(57)105-111(89,116)94-15-58-25(5)96-40(52(101-58)77-11-23(3)43(59)72-56(77)84)42(58)106-110(88,115)93-14-31-28(9-34(99-31)80-20-71-38-49(80)74-55(63)76-51(38)83)104-109(87,114)92-13-30-27(8-32(97-30)78-18-68-35-44(60)64-16-66-46(35)78)103-108(86,113)91-12-29-26(102-107(85,112)90-6)7-33(98-29)79-19-70-37-48(79)73-54(62)75-50(37)82/h11,16-22,24-34,39-42,52-53H,7-10,12-15H2,1-6H3,(H,85,112)(H,86,113)(H,87,114)(H,88,115)(H,89,116)(H2,59,72,84)(H2,60,64,66)(H2,61,65,67)(H3,62,73,75,82)(H3,63,74,76,83)/t24-,25-,26+,27+,28+,29+,30+,31+,32+,33+,34+,39?,40?,41+,42+,52+,53+,57-,58-,107?,108?,109?,110?,111?/m0/s1. The van der Waals surface area contributed by atoms with Gasteiger partial charge in [0.25, 0.3) is 11.1 Å². The summed E-state index contributed by atoms with van der Waals surface area (Å²) in [6, 6.07) is 0. The molecule has 0 radical (unpaired) electrons. The van der Waals surface area contributed by atoms with Crippen LogP contribution in [0.2, 0.25) is 0 Å². The molecule has 58 heteroatoms. The third kappa shape index (κ3) is 16.0. The summed E-state index contributed by atoms with van der Waals surface area (Å²) >= 11 is 26.9. The average Bonchev–Trinajstić information content (AvgIpc) is 1.55. The van der Waals surface area contributed by atoms with E-state index in [4.69, 9.17) is 154 Å². The van der Waals surface area contributed by atoms with Gasteiger partial charge in [-0.05, 0) is 80.3 Å². The molecular weight excluding hydrogens is 1730 g/mol. The lowest BCUT2D eigenvalue weighted by Gasteiger charge is -2.39. The number of aryl methyl sites for hydroxylation is 1. The number of aromatic amines is 2. The van der Waals surface area contributed by atoms with Crippen molar-refractivity contribution in [1.82, 2.24) is 87.6 Å². The Kier molecular flexibility index (Phi) is 22.7. The van der Waals surface area contributed by atoms with E-state index in [2.05, 4.69) is 77.0 Å². The second-order valence-corrected chi connectivity index (χ2v) is 42.6. The molecule has 24 atom stereocenters. The second-order valence-electron chi connectivity index (χ2n) is 28.5. The van der Waals surface area contributed by atoms with E-state index in [1.165, 1.54) is 57.9 Å². The number of rotatable bonds is 30. The largest absolute Gasteiger partial charge is 0.386 e. The van der Waals surface area contributed by atoms with Gasteiger partial charge in [-0.1, -0.05) is 26.1 Å². The van der Waals surface area contributed by atoms with E-state index in [-0.39, 0.29) is 88.0 Å². The average molecular weight is 1810 g/mol. The molecule has 0 aliphatic carbocycles. The number of anilines is 5. The molecular formula is C58H76N23O25P5S5. The quantitative estimate of drug-likeness (QED) is 0.0226. The zero-order valence-electron chi connectivity index (χ0n) is 61.3. The van der Waals surface area contributed by atoms with Crippen molar-refractivity contribution in [2.24, 2.45) is 5.92 Å². The fraction of sp³-hybridized carbons (Fsp3) is 0.586. The van der Waals surface area contributed by atoms with Crippen molar-refractivity contribution in [3.63, 3.8) is 0 Å². The topological polar surface area (TPSA) is 634 Å². The van der Waals surface area contributed by atoms with E-state index in [0.717, 1.165) is 11.7 Å². The van der Waals surface area contributed by atoms with Crippen LogP contribution in [-0.2, 0) is 130 Å². The molecule has 0 saturated carbocycles. The highest BCUT2D eigenvalue weighted by Gasteiger charge is 2.71. The van der Waals surface area contributed by atoms with Crippen molar-refractivity contribution < 1.29 is 103 Å². The molecule has 0 amide bonds. The van der Waals surface area contributed by atoms with Crippen LogP contribution in [0.3, 0.4) is 0 Å². The summed E-state index contributed by atoms with van der Waals surface area (Å²) in [4.78, 5) is 138. The molecule has 9 aromatic heterocycles. The van der Waals surface area contributed by atoms with Gasteiger partial charge >= 0.3 is 39.4 Å². The van der Waals surface area contributed by atoms with Crippen molar-refractivity contribution in [1.29, 1.82) is 0 Å². The first-order valence-electron chi connectivity index (χ1n) is 35.3. The number of nitrogens with one attached hydrogen (secondary N) is 2. The first kappa shape index (κ1) is 83.7. The predicted octanol–water partition coefficient (Wildman–Crippen LogP) is 1.97. The molecule has 7 fully saturated rings. The number of thiol groups is 1. The lowest BCUT2D eigenvalue weighted by atomic mass is 9.85. The summed E-state index contributed by atoms with van der Waals surface area (Å²) in [7, 11) is 1.15. The molecule has 16 heterocycles. The maximum atomic E-state index is 15.3. The normalized spacial score (nSPS) is 32.4. The van der Waals surface area contributed by atoms with Crippen LogP contribution in [0.15, 0.2) is 58.5 Å². The minimum Gasteiger partial charge on any atom is -0.383 e. The number of aromatic nitrogens is 18. The third-order valence-electron chi connectivity index (χ3n) is 20.7. The van der Waals surface area contributed by atoms with Crippen LogP contribution in [0.5, 0.6) is 0 Å². The number of nitrogen functional groups attached to an aromatic ring is 5. The first-order chi connectivity index (χ1) is 54.8. The van der Waals surface area contributed by atoms with Gasteiger partial charge in [0.2, 0.25) is 11.9 Å². The van der Waals surface area contributed by atoms with Gasteiger partial charge in [-0.2, -0.15) is 15.0 Å². The second kappa shape index (κ2) is 31.5. The number of hydrogen-bond acceptors (Lipinski definition) is 41. The molecule has 7 saturated heterocycles. The van der Waals surface area contributed by atoms with Crippen LogP contribution >= 0.6 is 45.9 Å². The van der Waals surface area contributed by atoms with Gasteiger partial charge in [0.15, 0.2) is 57.7 Å². The molecule has 0 spiro atoms. The zero-order chi connectivity index (χ0) is 82.4. The summed E-state index contributed by atoms with van der Waals surface area (Å²) in [6.07, 6.45) is -10.9. The molecule has 16 rings (SSSR count). The Morgan fingerprint density at radius 1 is 0.543 bits per heavy atom. The monoisotopic (exact) mass is 1810 g/mol. The van der Waals surface area contributed by atoms with Gasteiger partial charge in [0, 0.05) is 38.1 Å². The number of nitrogens with two attached hydrogens (primary N) is 5. The molecule has 48 nitrogen and oxygen atoms in total. The summed E-state index contributed by atoms with van der Waals surface area (Å²) in [5.41, 5.74) is 26.1. The van der Waals surface area contributed by atoms with Gasteiger partial charge in [0.05, 0.1) is 82.3 Å². The summed E-state index contributed by atoms with van der Waals surface area (Å²) in [5.74, 6) is -0.422. The first-order valence-corrected chi connectivity index (χ1v) is 48.4. The minimum atomic E-state index is -4.87. The highest BCUT2D eigenvalue weighted by molar-refractivity contribution is 8.44. The van der Waals surface area contributed by atoms with E-state index in [0.29, 0.717) is 23.1 Å². The Labute approximate surface area is 678 Å². The fourth-order valence-electron chi connectivity index (χ4n) is 15.4. The molecule has 628 valence electrons. The van der Waals surface area contributed by atoms with Crippen LogP contribution < -0.4 is 45.5 Å². The Morgan fingerprint density at radius 3 is 1.47 bits per heavy atom. The lowest BCUT2D eigenvalue weighted by molar-refractivity contribution is -0.217. The number of hydrogen-bond donors (Lipinski definition) is 12. The van der Waals surface area contributed by atoms with Crippen LogP contribution in [0, 0.1) is 12.8 Å². The van der Waals surface area contributed by atoms with Crippen LogP contribution in [0.4, 0.5) is 29.4 Å². The molecule has 7 aliphatic rings. The highest BCUT2D eigenvalue weighted by atomic mass is 32.7. The molecule has 7 unspecified atom stereocenters. The smallest absolute Gasteiger partial charge is 0.383 e. The van der Waals surface area contributed by atoms with Crippen molar-refractivity contribution in [2.75, 3.05) is 62.2 Å². The zero-order valence-corrected chi connectivity index (χ0v) is 69.9. The fourth-order valence-corrected chi connectivity index (χ4v) is 22.3.